The first kappa shape index (κ1) is 15.2. The van der Waals surface area contributed by atoms with Crippen molar-refractivity contribution in [1.29, 1.82) is 0 Å². The molecule has 3 nitrogen and oxygen atoms in total. The van der Waals surface area contributed by atoms with Crippen molar-refractivity contribution in [2.24, 2.45) is 0 Å². The van der Waals surface area contributed by atoms with Gasteiger partial charge in [-0.2, -0.15) is 0 Å². The third-order valence-electron chi connectivity index (χ3n) is 2.27. The quantitative estimate of drug-likeness (QED) is 0.513. The molecular weight excluding hydrogens is 259 g/mol. The minimum atomic E-state index is -0.381. The Morgan fingerprint density at radius 1 is 1.17 bits per heavy atom. The minimum absolute atomic E-state index is 0.251. The molecule has 5 heteroatoms. The van der Waals surface area contributed by atoms with Crippen LogP contribution in [0.4, 0.5) is 4.39 Å². The molecule has 0 aliphatic rings. The van der Waals surface area contributed by atoms with Gasteiger partial charge in [0.05, 0.1) is 19.8 Å². The zero-order valence-corrected chi connectivity index (χ0v) is 11.2. The molecule has 0 fully saturated rings. The van der Waals surface area contributed by atoms with Crippen molar-refractivity contribution in [1.82, 2.24) is 0 Å². The van der Waals surface area contributed by atoms with Gasteiger partial charge in [-0.3, -0.25) is 0 Å². The van der Waals surface area contributed by atoms with Crippen molar-refractivity contribution < 1.29 is 18.6 Å². The van der Waals surface area contributed by atoms with Gasteiger partial charge in [0.2, 0.25) is 0 Å². The maximum absolute atomic E-state index is 13.5. The molecule has 1 aromatic carbocycles. The van der Waals surface area contributed by atoms with E-state index in [2.05, 4.69) is 0 Å². The van der Waals surface area contributed by atoms with Gasteiger partial charge in [-0.15, -0.1) is 11.6 Å². The average Bonchev–Trinajstić information content (AvgIpc) is 2.39. The number of halogens is 2. The van der Waals surface area contributed by atoms with Gasteiger partial charge >= 0.3 is 0 Å². The Balaban J connectivity index is 2.19. The SMILES string of the molecule is COCCOCCCOc1ccc(CCl)cc1F. The lowest BCUT2D eigenvalue weighted by Gasteiger charge is -2.08. The highest BCUT2D eigenvalue weighted by atomic mass is 35.5. The minimum Gasteiger partial charge on any atom is -0.490 e. The third kappa shape index (κ3) is 5.67. The van der Waals surface area contributed by atoms with Gasteiger partial charge in [-0.1, -0.05) is 6.07 Å². The van der Waals surface area contributed by atoms with Crippen LogP contribution in [0.15, 0.2) is 18.2 Å². The van der Waals surface area contributed by atoms with Crippen molar-refractivity contribution in [2.75, 3.05) is 33.5 Å². The van der Waals surface area contributed by atoms with Crippen LogP contribution in [0.5, 0.6) is 5.75 Å². The van der Waals surface area contributed by atoms with Crippen LogP contribution in [0.3, 0.4) is 0 Å². The standard InChI is InChI=1S/C13H18ClFO3/c1-16-7-8-17-5-2-6-18-13-4-3-11(10-14)9-12(13)15/h3-4,9H,2,5-8,10H2,1H3. The van der Waals surface area contributed by atoms with E-state index in [1.165, 1.54) is 6.07 Å². The molecule has 0 amide bonds. The molecule has 0 atom stereocenters. The van der Waals surface area contributed by atoms with Gasteiger partial charge in [0.15, 0.2) is 11.6 Å². The zero-order chi connectivity index (χ0) is 13.2. The summed E-state index contributed by atoms with van der Waals surface area (Å²) in [6, 6.07) is 4.73. The number of alkyl halides is 1. The van der Waals surface area contributed by atoms with Crippen LogP contribution in [0, 0.1) is 5.82 Å². The first-order valence-corrected chi connectivity index (χ1v) is 6.35. The van der Waals surface area contributed by atoms with E-state index in [0.29, 0.717) is 38.7 Å². The second-order valence-electron chi connectivity index (χ2n) is 3.71. The predicted molar refractivity (Wildman–Crippen MR) is 68.8 cm³/mol. The fraction of sp³-hybridized carbons (Fsp3) is 0.538. The molecule has 0 radical (unpaired) electrons. The van der Waals surface area contributed by atoms with E-state index in [1.807, 2.05) is 0 Å². The molecule has 0 spiro atoms. The summed E-state index contributed by atoms with van der Waals surface area (Å²) < 4.78 is 28.9. The van der Waals surface area contributed by atoms with Crippen molar-refractivity contribution in [3.05, 3.63) is 29.6 Å². The Morgan fingerprint density at radius 2 is 2.00 bits per heavy atom. The fourth-order valence-electron chi connectivity index (χ4n) is 1.33. The number of hydrogen-bond donors (Lipinski definition) is 0. The highest BCUT2D eigenvalue weighted by Gasteiger charge is 2.04. The molecule has 1 aromatic rings. The first-order valence-electron chi connectivity index (χ1n) is 5.81. The van der Waals surface area contributed by atoms with Crippen LogP contribution >= 0.6 is 11.6 Å². The van der Waals surface area contributed by atoms with E-state index < -0.39 is 0 Å². The molecule has 0 aliphatic carbocycles. The number of rotatable bonds is 9. The smallest absolute Gasteiger partial charge is 0.165 e. The molecule has 0 bridgehead atoms. The van der Waals surface area contributed by atoms with Crippen molar-refractivity contribution in [3.8, 4) is 5.75 Å². The van der Waals surface area contributed by atoms with E-state index in [4.69, 9.17) is 25.8 Å². The van der Waals surface area contributed by atoms with Crippen molar-refractivity contribution in [3.63, 3.8) is 0 Å². The van der Waals surface area contributed by atoms with Crippen molar-refractivity contribution >= 4 is 11.6 Å². The molecule has 0 N–H and O–H groups in total. The van der Waals surface area contributed by atoms with Crippen LogP contribution in [0.2, 0.25) is 0 Å². The predicted octanol–water partition coefficient (Wildman–Crippen LogP) is 3.00. The third-order valence-corrected chi connectivity index (χ3v) is 2.58. The number of methoxy groups -OCH3 is 1. The molecular formula is C13H18ClFO3. The Morgan fingerprint density at radius 3 is 2.67 bits per heavy atom. The van der Waals surface area contributed by atoms with Gasteiger partial charge < -0.3 is 14.2 Å². The Labute approximate surface area is 112 Å². The van der Waals surface area contributed by atoms with Crippen LogP contribution in [-0.4, -0.2) is 33.5 Å². The van der Waals surface area contributed by atoms with Gasteiger partial charge in [0.1, 0.15) is 0 Å². The topological polar surface area (TPSA) is 27.7 Å². The van der Waals surface area contributed by atoms with Crippen molar-refractivity contribution in [2.45, 2.75) is 12.3 Å². The summed E-state index contributed by atoms with van der Waals surface area (Å²) in [7, 11) is 1.62. The summed E-state index contributed by atoms with van der Waals surface area (Å²) in [5, 5.41) is 0. The summed E-state index contributed by atoms with van der Waals surface area (Å²) in [6.45, 7) is 2.14. The van der Waals surface area contributed by atoms with Gasteiger partial charge in [0.25, 0.3) is 0 Å². The lowest BCUT2D eigenvalue weighted by molar-refractivity contribution is 0.0642. The molecule has 0 unspecified atom stereocenters. The highest BCUT2D eigenvalue weighted by Crippen LogP contribution is 2.19. The normalized spacial score (nSPS) is 10.6. The molecule has 0 heterocycles. The van der Waals surface area contributed by atoms with E-state index in [-0.39, 0.29) is 11.6 Å². The molecule has 102 valence electrons. The summed E-state index contributed by atoms with van der Waals surface area (Å²) in [5.74, 6) is 0.166. The lowest BCUT2D eigenvalue weighted by Crippen LogP contribution is -2.07. The summed E-state index contributed by atoms with van der Waals surface area (Å²) in [6.07, 6.45) is 0.709. The average molecular weight is 277 g/mol. The summed E-state index contributed by atoms with van der Waals surface area (Å²) >= 11 is 5.60. The number of benzene rings is 1. The van der Waals surface area contributed by atoms with E-state index in [1.54, 1.807) is 19.2 Å². The molecule has 0 aliphatic heterocycles. The summed E-state index contributed by atoms with van der Waals surface area (Å²) in [5.41, 5.74) is 0.740. The molecule has 0 saturated heterocycles. The molecule has 1 rings (SSSR count). The van der Waals surface area contributed by atoms with Crippen LogP contribution in [0.1, 0.15) is 12.0 Å². The summed E-state index contributed by atoms with van der Waals surface area (Å²) in [4.78, 5) is 0. The Bertz CT molecular complexity index is 347. The number of ether oxygens (including phenoxy) is 3. The zero-order valence-electron chi connectivity index (χ0n) is 10.5. The molecule has 0 aromatic heterocycles. The van der Waals surface area contributed by atoms with Crippen LogP contribution in [0.25, 0.3) is 0 Å². The van der Waals surface area contributed by atoms with E-state index >= 15 is 0 Å². The van der Waals surface area contributed by atoms with E-state index in [9.17, 15) is 4.39 Å². The molecule has 0 saturated carbocycles. The molecule has 18 heavy (non-hydrogen) atoms. The van der Waals surface area contributed by atoms with Gasteiger partial charge in [0, 0.05) is 26.0 Å². The maximum atomic E-state index is 13.5. The monoisotopic (exact) mass is 276 g/mol. The second kappa shape index (κ2) is 9.14. The largest absolute Gasteiger partial charge is 0.490 e. The van der Waals surface area contributed by atoms with Crippen LogP contribution in [-0.2, 0) is 15.4 Å². The highest BCUT2D eigenvalue weighted by molar-refractivity contribution is 6.17. The Hall–Kier alpha value is -0.840. The number of hydrogen-bond acceptors (Lipinski definition) is 3. The maximum Gasteiger partial charge on any atom is 0.165 e. The van der Waals surface area contributed by atoms with Gasteiger partial charge in [-0.05, 0) is 17.7 Å². The van der Waals surface area contributed by atoms with Gasteiger partial charge in [-0.25, -0.2) is 4.39 Å². The Kier molecular flexibility index (Phi) is 7.73. The van der Waals surface area contributed by atoms with Crippen LogP contribution < -0.4 is 4.74 Å². The second-order valence-corrected chi connectivity index (χ2v) is 3.97. The fourth-order valence-corrected chi connectivity index (χ4v) is 1.50. The first-order chi connectivity index (χ1) is 8.77. The van der Waals surface area contributed by atoms with E-state index in [0.717, 1.165) is 5.56 Å². The lowest BCUT2D eigenvalue weighted by atomic mass is 10.2.